The summed E-state index contributed by atoms with van der Waals surface area (Å²) >= 11 is 0. The summed E-state index contributed by atoms with van der Waals surface area (Å²) in [5.74, 6) is 0. The highest BCUT2D eigenvalue weighted by atomic mass is 14.6. The summed E-state index contributed by atoms with van der Waals surface area (Å²) in [6.45, 7) is 6.36. The van der Waals surface area contributed by atoms with Gasteiger partial charge in [-0.1, -0.05) is 23.8 Å². The molecule has 0 fully saturated rings. The van der Waals surface area contributed by atoms with Crippen molar-refractivity contribution in [1.29, 1.82) is 0 Å². The monoisotopic (exact) mass is 177 g/mol. The molecule has 0 aliphatic carbocycles. The molecule has 1 heteroatoms. The van der Waals surface area contributed by atoms with Crippen molar-refractivity contribution in [1.82, 2.24) is 0 Å². The smallest absolute Gasteiger partial charge is 0.00136 e. The molecule has 1 rings (SSSR count). The quantitative estimate of drug-likeness (QED) is 0.754. The van der Waals surface area contributed by atoms with Gasteiger partial charge in [0.25, 0.3) is 0 Å². The Morgan fingerprint density at radius 2 is 2.00 bits per heavy atom. The summed E-state index contributed by atoms with van der Waals surface area (Å²) in [5, 5.41) is 0. The fourth-order valence-electron chi connectivity index (χ4n) is 1.51. The van der Waals surface area contributed by atoms with Gasteiger partial charge in [-0.05, 0) is 44.7 Å². The molecule has 0 saturated carbocycles. The van der Waals surface area contributed by atoms with Gasteiger partial charge in [0.1, 0.15) is 0 Å². The van der Waals surface area contributed by atoms with E-state index in [-0.39, 0.29) is 0 Å². The molecule has 0 spiro atoms. The fourth-order valence-corrected chi connectivity index (χ4v) is 1.51. The van der Waals surface area contributed by atoms with Gasteiger partial charge >= 0.3 is 0 Å². The SMILES string of the molecule is Cc1ccc(CCC(C)N)c(C)c1. The van der Waals surface area contributed by atoms with E-state index in [0.29, 0.717) is 6.04 Å². The number of aryl methyl sites for hydroxylation is 3. The van der Waals surface area contributed by atoms with Crippen molar-refractivity contribution < 1.29 is 0 Å². The van der Waals surface area contributed by atoms with Crippen LogP contribution in [0.5, 0.6) is 0 Å². The van der Waals surface area contributed by atoms with Gasteiger partial charge in [0.2, 0.25) is 0 Å². The van der Waals surface area contributed by atoms with Crippen LogP contribution in [0.4, 0.5) is 0 Å². The molecule has 1 unspecified atom stereocenters. The summed E-state index contributed by atoms with van der Waals surface area (Å²) in [7, 11) is 0. The number of nitrogens with two attached hydrogens (primary N) is 1. The topological polar surface area (TPSA) is 26.0 Å². The molecular formula is C12H19N. The van der Waals surface area contributed by atoms with Crippen molar-refractivity contribution in [3.8, 4) is 0 Å². The highest BCUT2D eigenvalue weighted by Gasteiger charge is 2.00. The van der Waals surface area contributed by atoms with Crippen LogP contribution in [-0.4, -0.2) is 6.04 Å². The van der Waals surface area contributed by atoms with E-state index in [1.807, 2.05) is 0 Å². The minimum absolute atomic E-state index is 0.306. The fraction of sp³-hybridized carbons (Fsp3) is 0.500. The Bertz CT molecular complexity index is 276. The van der Waals surface area contributed by atoms with E-state index in [9.17, 15) is 0 Å². The van der Waals surface area contributed by atoms with Crippen molar-refractivity contribution in [2.45, 2.75) is 39.7 Å². The van der Waals surface area contributed by atoms with Crippen molar-refractivity contribution in [2.75, 3.05) is 0 Å². The summed E-state index contributed by atoms with van der Waals surface area (Å²) in [4.78, 5) is 0. The van der Waals surface area contributed by atoms with E-state index in [1.165, 1.54) is 16.7 Å². The maximum atomic E-state index is 5.72. The van der Waals surface area contributed by atoms with Crippen molar-refractivity contribution in [3.63, 3.8) is 0 Å². The Balaban J connectivity index is 2.67. The molecule has 1 atom stereocenters. The zero-order valence-electron chi connectivity index (χ0n) is 8.80. The third-order valence-corrected chi connectivity index (χ3v) is 2.37. The van der Waals surface area contributed by atoms with Crippen molar-refractivity contribution in [2.24, 2.45) is 5.73 Å². The molecule has 0 saturated heterocycles. The Morgan fingerprint density at radius 1 is 1.31 bits per heavy atom. The average molecular weight is 177 g/mol. The highest BCUT2D eigenvalue weighted by molar-refractivity contribution is 5.30. The van der Waals surface area contributed by atoms with Gasteiger partial charge in [0.15, 0.2) is 0 Å². The van der Waals surface area contributed by atoms with E-state index in [1.54, 1.807) is 0 Å². The van der Waals surface area contributed by atoms with Crippen LogP contribution in [0.2, 0.25) is 0 Å². The molecule has 0 aromatic heterocycles. The number of hydrogen-bond donors (Lipinski definition) is 1. The lowest BCUT2D eigenvalue weighted by molar-refractivity contribution is 0.664. The summed E-state index contributed by atoms with van der Waals surface area (Å²) in [6, 6.07) is 6.92. The molecule has 0 aliphatic rings. The first-order valence-electron chi connectivity index (χ1n) is 4.91. The molecule has 0 radical (unpaired) electrons. The lowest BCUT2D eigenvalue weighted by Crippen LogP contribution is -2.15. The second-order valence-electron chi connectivity index (χ2n) is 3.95. The third kappa shape index (κ3) is 3.19. The third-order valence-electron chi connectivity index (χ3n) is 2.37. The van der Waals surface area contributed by atoms with Gasteiger partial charge < -0.3 is 5.73 Å². The first-order valence-corrected chi connectivity index (χ1v) is 4.91. The molecule has 72 valence electrons. The Labute approximate surface area is 81.0 Å². The molecule has 1 aromatic rings. The van der Waals surface area contributed by atoms with E-state index in [4.69, 9.17) is 5.73 Å². The van der Waals surface area contributed by atoms with Gasteiger partial charge in [-0.2, -0.15) is 0 Å². The zero-order valence-corrected chi connectivity index (χ0v) is 8.80. The van der Waals surface area contributed by atoms with E-state index in [2.05, 4.69) is 39.0 Å². The number of rotatable bonds is 3. The van der Waals surface area contributed by atoms with Gasteiger partial charge in [0, 0.05) is 6.04 Å². The van der Waals surface area contributed by atoms with Gasteiger partial charge in [-0.25, -0.2) is 0 Å². The molecule has 0 heterocycles. The van der Waals surface area contributed by atoms with Crippen LogP contribution in [0.15, 0.2) is 18.2 Å². The molecule has 0 bridgehead atoms. The predicted molar refractivity (Wildman–Crippen MR) is 57.9 cm³/mol. The van der Waals surface area contributed by atoms with Gasteiger partial charge in [0.05, 0.1) is 0 Å². The molecule has 0 amide bonds. The lowest BCUT2D eigenvalue weighted by Gasteiger charge is -2.08. The highest BCUT2D eigenvalue weighted by Crippen LogP contribution is 2.12. The van der Waals surface area contributed by atoms with Crippen LogP contribution in [0, 0.1) is 13.8 Å². The summed E-state index contributed by atoms with van der Waals surface area (Å²) in [5.41, 5.74) is 9.88. The predicted octanol–water partition coefficient (Wildman–Crippen LogP) is 2.58. The van der Waals surface area contributed by atoms with E-state index < -0.39 is 0 Å². The molecule has 0 aliphatic heterocycles. The second kappa shape index (κ2) is 4.43. The van der Waals surface area contributed by atoms with Crippen molar-refractivity contribution in [3.05, 3.63) is 34.9 Å². The molecule has 13 heavy (non-hydrogen) atoms. The van der Waals surface area contributed by atoms with Gasteiger partial charge in [-0.3, -0.25) is 0 Å². The van der Waals surface area contributed by atoms with Crippen molar-refractivity contribution >= 4 is 0 Å². The first-order chi connectivity index (χ1) is 6.09. The van der Waals surface area contributed by atoms with Gasteiger partial charge in [-0.15, -0.1) is 0 Å². The van der Waals surface area contributed by atoms with E-state index >= 15 is 0 Å². The maximum absolute atomic E-state index is 5.72. The maximum Gasteiger partial charge on any atom is 0.00136 e. The molecule has 2 N–H and O–H groups in total. The Morgan fingerprint density at radius 3 is 2.54 bits per heavy atom. The van der Waals surface area contributed by atoms with Crippen LogP contribution in [0.25, 0.3) is 0 Å². The lowest BCUT2D eigenvalue weighted by atomic mass is 10.00. The molecule has 1 nitrogen and oxygen atoms in total. The average Bonchev–Trinajstić information content (AvgIpc) is 2.02. The standard InChI is InChI=1S/C12H19N/c1-9-4-6-12(10(2)8-9)7-5-11(3)13/h4,6,8,11H,5,7,13H2,1-3H3. The van der Waals surface area contributed by atoms with Crippen LogP contribution in [0.3, 0.4) is 0 Å². The number of hydrogen-bond acceptors (Lipinski definition) is 1. The minimum atomic E-state index is 0.306. The summed E-state index contributed by atoms with van der Waals surface area (Å²) < 4.78 is 0. The summed E-state index contributed by atoms with van der Waals surface area (Å²) in [6.07, 6.45) is 2.17. The number of benzene rings is 1. The first kappa shape index (κ1) is 10.3. The van der Waals surface area contributed by atoms with Crippen LogP contribution < -0.4 is 5.73 Å². The molecular weight excluding hydrogens is 158 g/mol. The van der Waals surface area contributed by atoms with E-state index in [0.717, 1.165) is 12.8 Å². The minimum Gasteiger partial charge on any atom is -0.328 e. The zero-order chi connectivity index (χ0) is 9.84. The normalized spacial score (nSPS) is 12.9. The molecule has 1 aromatic carbocycles. The second-order valence-corrected chi connectivity index (χ2v) is 3.95. The Kier molecular flexibility index (Phi) is 3.49. The van der Waals surface area contributed by atoms with Crippen LogP contribution in [0.1, 0.15) is 30.0 Å². The largest absolute Gasteiger partial charge is 0.328 e. The van der Waals surface area contributed by atoms with Crippen LogP contribution in [-0.2, 0) is 6.42 Å². The Hall–Kier alpha value is -0.820. The van der Waals surface area contributed by atoms with Crippen LogP contribution >= 0.6 is 0 Å².